The van der Waals surface area contributed by atoms with E-state index in [2.05, 4.69) is 25.7 Å². The molecule has 0 fully saturated rings. The van der Waals surface area contributed by atoms with Crippen LogP contribution in [0, 0.1) is 0 Å². The monoisotopic (exact) mass is 432 g/mol. The molecular formula is C25H44MgO4. The van der Waals surface area contributed by atoms with Gasteiger partial charge in [-0.2, -0.15) is 0 Å². The number of carboxylic acid groups (broad SMARTS) is 2. The average Bonchev–Trinajstić information content (AvgIpc) is 2.70. The van der Waals surface area contributed by atoms with Crippen LogP contribution < -0.4 is 10.2 Å². The van der Waals surface area contributed by atoms with E-state index in [0.29, 0.717) is 0 Å². The van der Waals surface area contributed by atoms with E-state index >= 15 is 0 Å². The largest absolute Gasteiger partial charge is 2.00 e. The fourth-order valence-corrected chi connectivity index (χ4v) is 3.05. The minimum Gasteiger partial charge on any atom is -0.550 e. The number of allylic oxidation sites excluding steroid dienone is 2. The number of unbranched alkanes of at least 4 members (excludes halogenated alkanes) is 15. The maximum absolute atomic E-state index is 10.3. The van der Waals surface area contributed by atoms with Gasteiger partial charge in [0.1, 0.15) is 0 Å². The number of rotatable bonds is 20. The molecule has 0 unspecified atom stereocenters. The van der Waals surface area contributed by atoms with Crippen LogP contribution in [-0.2, 0) is 9.59 Å². The van der Waals surface area contributed by atoms with E-state index in [-0.39, 0.29) is 29.5 Å². The molecule has 0 aliphatic heterocycles. The number of aliphatic carboxylic acids is 2. The second-order valence-corrected chi connectivity index (χ2v) is 7.64. The Balaban J connectivity index is -0.00000108. The van der Waals surface area contributed by atoms with Crippen molar-refractivity contribution in [1.82, 2.24) is 0 Å². The minimum absolute atomic E-state index is 0. The van der Waals surface area contributed by atoms with Crippen molar-refractivity contribution in [2.24, 2.45) is 0 Å². The molecule has 5 heteroatoms. The Kier molecular flexibility index (Phi) is 34.2. The molecule has 0 atom stereocenters. The van der Waals surface area contributed by atoms with Gasteiger partial charge in [0.2, 0.25) is 0 Å². The standard InChI is InChI=1S/C22H42O2.C3H4O2.Mg/c1-2-3-4-5-6-7-8-9-10-11-12-13-14-15-16-17-18-19-20-21-22(23)24;1-2-3(4)5;/h9-10H,2-8,11-21H2,1H3,(H,23,24);2H,1H2,(H,4,5);/q;;+2/p-2/b10-9-;;. The average molecular weight is 433 g/mol. The summed E-state index contributed by atoms with van der Waals surface area (Å²) in [5, 5.41) is 19.4. The van der Waals surface area contributed by atoms with Crippen LogP contribution >= 0.6 is 0 Å². The van der Waals surface area contributed by atoms with Gasteiger partial charge < -0.3 is 19.8 Å². The molecule has 170 valence electrons. The van der Waals surface area contributed by atoms with E-state index in [1.165, 1.54) is 96.3 Å². The van der Waals surface area contributed by atoms with E-state index in [9.17, 15) is 9.90 Å². The van der Waals surface area contributed by atoms with E-state index in [1.807, 2.05) is 0 Å². The van der Waals surface area contributed by atoms with E-state index in [4.69, 9.17) is 9.90 Å². The van der Waals surface area contributed by atoms with Crippen LogP contribution in [0.4, 0.5) is 0 Å². The third-order valence-corrected chi connectivity index (χ3v) is 4.81. The van der Waals surface area contributed by atoms with E-state index < -0.39 is 11.9 Å². The Labute approximate surface area is 201 Å². The van der Waals surface area contributed by atoms with Crippen LogP contribution in [0.5, 0.6) is 0 Å². The fourth-order valence-electron chi connectivity index (χ4n) is 3.05. The van der Waals surface area contributed by atoms with Crippen molar-refractivity contribution in [2.45, 2.75) is 122 Å². The molecule has 0 aromatic carbocycles. The van der Waals surface area contributed by atoms with Gasteiger partial charge in [-0.1, -0.05) is 103 Å². The first-order valence-corrected chi connectivity index (χ1v) is 11.7. The Morgan fingerprint density at radius 2 is 1.00 bits per heavy atom. The summed E-state index contributed by atoms with van der Waals surface area (Å²) in [6.45, 7) is 5.17. The topological polar surface area (TPSA) is 80.3 Å². The summed E-state index contributed by atoms with van der Waals surface area (Å²) in [6, 6.07) is 0. The van der Waals surface area contributed by atoms with Gasteiger partial charge in [0, 0.05) is 5.97 Å². The normalized spacial score (nSPS) is 10.2. The number of carbonyl (C=O) groups is 2. The summed E-state index contributed by atoms with van der Waals surface area (Å²) in [5.74, 6) is -2.14. The molecular weight excluding hydrogens is 389 g/mol. The molecule has 0 rings (SSSR count). The predicted molar refractivity (Wildman–Crippen MR) is 124 cm³/mol. The molecule has 0 N–H and O–H groups in total. The molecule has 0 aliphatic rings. The zero-order valence-electron chi connectivity index (χ0n) is 19.5. The Hall–Kier alpha value is -0.814. The van der Waals surface area contributed by atoms with Crippen molar-refractivity contribution in [3.63, 3.8) is 0 Å². The van der Waals surface area contributed by atoms with E-state index in [0.717, 1.165) is 18.9 Å². The zero-order chi connectivity index (χ0) is 22.0. The quantitative estimate of drug-likeness (QED) is 0.119. The fraction of sp³-hybridized carbons (Fsp3) is 0.760. The van der Waals surface area contributed by atoms with Crippen LogP contribution in [-0.4, -0.2) is 35.0 Å². The first-order chi connectivity index (χ1) is 14.0. The summed E-state index contributed by atoms with van der Waals surface area (Å²) in [6.07, 6.45) is 27.5. The van der Waals surface area contributed by atoms with Gasteiger partial charge in [0.25, 0.3) is 0 Å². The van der Waals surface area contributed by atoms with Crippen LogP contribution in [0.3, 0.4) is 0 Å². The molecule has 0 aromatic rings. The van der Waals surface area contributed by atoms with Gasteiger partial charge in [-0.25, -0.2) is 0 Å². The summed E-state index contributed by atoms with van der Waals surface area (Å²) in [7, 11) is 0. The number of carboxylic acids is 2. The number of hydrogen-bond donors (Lipinski definition) is 0. The SMILES string of the molecule is C=CC(=O)[O-].CCCCCCCC/C=C\CCCCCCCCCCCC(=O)[O-].[Mg+2]. The van der Waals surface area contributed by atoms with Crippen molar-refractivity contribution < 1.29 is 19.8 Å². The molecule has 0 spiro atoms. The molecule has 0 saturated carbocycles. The predicted octanol–water partition coefficient (Wildman–Crippen LogP) is 4.88. The van der Waals surface area contributed by atoms with Crippen LogP contribution in [0.15, 0.2) is 24.8 Å². The van der Waals surface area contributed by atoms with Crippen molar-refractivity contribution in [3.8, 4) is 0 Å². The van der Waals surface area contributed by atoms with Gasteiger partial charge in [-0.15, -0.1) is 0 Å². The summed E-state index contributed by atoms with van der Waals surface area (Å²) in [5.41, 5.74) is 0. The van der Waals surface area contributed by atoms with Gasteiger partial charge in [-0.3, -0.25) is 0 Å². The summed E-state index contributed by atoms with van der Waals surface area (Å²) in [4.78, 5) is 19.4. The molecule has 0 aliphatic carbocycles. The third-order valence-electron chi connectivity index (χ3n) is 4.81. The maximum Gasteiger partial charge on any atom is 2.00 e. The molecule has 0 radical (unpaired) electrons. The van der Waals surface area contributed by atoms with Crippen LogP contribution in [0.2, 0.25) is 0 Å². The Morgan fingerprint density at radius 1 is 0.667 bits per heavy atom. The molecule has 0 amide bonds. The second-order valence-electron chi connectivity index (χ2n) is 7.64. The zero-order valence-corrected chi connectivity index (χ0v) is 20.9. The molecule has 0 bridgehead atoms. The summed E-state index contributed by atoms with van der Waals surface area (Å²) >= 11 is 0. The smallest absolute Gasteiger partial charge is 0.550 e. The van der Waals surface area contributed by atoms with Gasteiger partial charge in [0.15, 0.2) is 0 Å². The Bertz CT molecular complexity index is 408. The molecule has 0 heterocycles. The number of hydrogen-bond acceptors (Lipinski definition) is 4. The molecule has 0 saturated heterocycles. The third kappa shape index (κ3) is 37.9. The van der Waals surface area contributed by atoms with Crippen molar-refractivity contribution in [1.29, 1.82) is 0 Å². The van der Waals surface area contributed by atoms with Gasteiger partial charge >= 0.3 is 23.1 Å². The second kappa shape index (κ2) is 30.4. The molecule has 30 heavy (non-hydrogen) atoms. The minimum atomic E-state index is -1.23. The Morgan fingerprint density at radius 3 is 1.33 bits per heavy atom. The van der Waals surface area contributed by atoms with E-state index in [1.54, 1.807) is 0 Å². The van der Waals surface area contributed by atoms with Crippen molar-refractivity contribution in [3.05, 3.63) is 24.8 Å². The van der Waals surface area contributed by atoms with Crippen LogP contribution in [0.1, 0.15) is 122 Å². The first kappa shape index (κ1) is 33.8. The first-order valence-electron chi connectivity index (χ1n) is 11.7. The van der Waals surface area contributed by atoms with Gasteiger partial charge in [-0.05, 0) is 44.6 Å². The van der Waals surface area contributed by atoms with Crippen LogP contribution in [0.25, 0.3) is 0 Å². The molecule has 4 nitrogen and oxygen atoms in total. The maximum atomic E-state index is 10.3. The number of carbonyl (C=O) groups excluding carboxylic acids is 2. The molecule has 0 aromatic heterocycles. The van der Waals surface area contributed by atoms with Gasteiger partial charge in [0.05, 0.1) is 5.97 Å². The summed E-state index contributed by atoms with van der Waals surface area (Å²) < 4.78 is 0. The van der Waals surface area contributed by atoms with Crippen molar-refractivity contribution >= 4 is 35.0 Å². The van der Waals surface area contributed by atoms with Crippen molar-refractivity contribution in [2.75, 3.05) is 0 Å².